The van der Waals surface area contributed by atoms with Gasteiger partial charge in [0.05, 0.1) is 28.5 Å². The first-order chi connectivity index (χ1) is 14.3. The number of amides is 2. The zero-order valence-corrected chi connectivity index (χ0v) is 17.4. The molecule has 2 amide bonds. The maximum Gasteiger partial charge on any atom is 0.274 e. The van der Waals surface area contributed by atoms with Gasteiger partial charge in [-0.2, -0.15) is 5.10 Å². The minimum atomic E-state index is -0.484. The average molecular weight is 426 g/mol. The van der Waals surface area contributed by atoms with E-state index in [9.17, 15) is 14.4 Å². The molecular formula is C21H20ClN5O3. The summed E-state index contributed by atoms with van der Waals surface area (Å²) >= 11 is 6.21. The van der Waals surface area contributed by atoms with Gasteiger partial charge in [0, 0.05) is 6.20 Å². The van der Waals surface area contributed by atoms with Crippen LogP contribution in [0.5, 0.6) is 0 Å². The van der Waals surface area contributed by atoms with E-state index in [1.807, 2.05) is 6.92 Å². The molecule has 0 aliphatic carbocycles. The Morgan fingerprint density at radius 1 is 1.10 bits per heavy atom. The van der Waals surface area contributed by atoms with Crippen molar-refractivity contribution in [2.24, 2.45) is 0 Å². The Morgan fingerprint density at radius 3 is 2.57 bits per heavy atom. The smallest absolute Gasteiger partial charge is 0.274 e. The quantitative estimate of drug-likeness (QED) is 0.631. The molecule has 30 heavy (non-hydrogen) atoms. The van der Waals surface area contributed by atoms with Crippen molar-refractivity contribution >= 4 is 34.9 Å². The second-order valence-electron chi connectivity index (χ2n) is 6.78. The van der Waals surface area contributed by atoms with Crippen LogP contribution in [-0.4, -0.2) is 38.9 Å². The summed E-state index contributed by atoms with van der Waals surface area (Å²) in [5, 5.41) is 9.95. The maximum absolute atomic E-state index is 13.0. The van der Waals surface area contributed by atoms with E-state index in [1.54, 1.807) is 49.5 Å². The van der Waals surface area contributed by atoms with Gasteiger partial charge in [-0.05, 0) is 51.1 Å². The van der Waals surface area contributed by atoms with Gasteiger partial charge >= 0.3 is 0 Å². The molecule has 0 atom stereocenters. The van der Waals surface area contributed by atoms with Gasteiger partial charge in [0.15, 0.2) is 5.82 Å². The van der Waals surface area contributed by atoms with Crippen molar-refractivity contribution in [1.82, 2.24) is 20.1 Å². The molecule has 0 unspecified atom stereocenters. The zero-order valence-electron chi connectivity index (χ0n) is 16.7. The van der Waals surface area contributed by atoms with Crippen LogP contribution in [0.1, 0.15) is 39.0 Å². The van der Waals surface area contributed by atoms with Gasteiger partial charge in [-0.25, -0.2) is 9.67 Å². The molecule has 0 bridgehead atoms. The number of nitrogens with one attached hydrogen (secondary N) is 2. The van der Waals surface area contributed by atoms with Crippen LogP contribution in [0.25, 0.3) is 5.82 Å². The molecule has 2 aromatic heterocycles. The van der Waals surface area contributed by atoms with E-state index in [1.165, 1.54) is 11.6 Å². The molecule has 2 N–H and O–H groups in total. The van der Waals surface area contributed by atoms with Gasteiger partial charge in [-0.15, -0.1) is 0 Å². The number of pyridine rings is 1. The first-order valence-electron chi connectivity index (χ1n) is 9.13. The number of halogens is 1. The molecule has 0 radical (unpaired) electrons. The van der Waals surface area contributed by atoms with Crippen molar-refractivity contribution in [2.45, 2.75) is 20.8 Å². The number of carbonyl (C=O) groups is 3. The normalized spacial score (nSPS) is 10.5. The monoisotopic (exact) mass is 425 g/mol. The fraction of sp³-hybridized carbons (Fsp3) is 0.190. The zero-order chi connectivity index (χ0) is 21.8. The molecule has 0 saturated carbocycles. The summed E-state index contributed by atoms with van der Waals surface area (Å²) in [6.07, 6.45) is 1.55. The molecule has 0 fully saturated rings. The van der Waals surface area contributed by atoms with Gasteiger partial charge in [0.1, 0.15) is 11.5 Å². The SMILES string of the molecule is CC(=O)CNC(=O)c1cc(C)ccc1NC(=O)c1cc(C)nn1-c1ncccc1Cl. The number of hydrogen-bond donors (Lipinski definition) is 2. The van der Waals surface area contributed by atoms with Crippen LogP contribution in [0.3, 0.4) is 0 Å². The summed E-state index contributed by atoms with van der Waals surface area (Å²) in [6.45, 7) is 4.86. The Bertz CT molecular complexity index is 1140. The molecular weight excluding hydrogens is 406 g/mol. The van der Waals surface area contributed by atoms with Crippen LogP contribution in [0.4, 0.5) is 5.69 Å². The summed E-state index contributed by atoms with van der Waals surface area (Å²) in [4.78, 5) is 40.9. The lowest BCUT2D eigenvalue weighted by atomic mass is 10.1. The first-order valence-corrected chi connectivity index (χ1v) is 9.51. The van der Waals surface area contributed by atoms with Crippen molar-refractivity contribution in [3.8, 4) is 5.82 Å². The van der Waals surface area contributed by atoms with E-state index in [0.29, 0.717) is 22.2 Å². The second kappa shape index (κ2) is 8.87. The van der Waals surface area contributed by atoms with Crippen molar-refractivity contribution in [3.63, 3.8) is 0 Å². The third-order valence-corrected chi connectivity index (χ3v) is 4.46. The summed E-state index contributed by atoms with van der Waals surface area (Å²) < 4.78 is 1.36. The lowest BCUT2D eigenvalue weighted by Gasteiger charge is -2.13. The van der Waals surface area contributed by atoms with E-state index >= 15 is 0 Å². The number of carbonyl (C=O) groups excluding carboxylic acids is 3. The van der Waals surface area contributed by atoms with Gasteiger partial charge in [0.25, 0.3) is 11.8 Å². The van der Waals surface area contributed by atoms with E-state index in [4.69, 9.17) is 11.6 Å². The van der Waals surface area contributed by atoms with Crippen LogP contribution < -0.4 is 10.6 Å². The van der Waals surface area contributed by atoms with Crippen molar-refractivity contribution in [2.75, 3.05) is 11.9 Å². The standard InChI is InChI=1S/C21H20ClN5O3/c1-12-6-7-17(15(9-12)20(29)24-11-14(3)28)25-21(30)18-10-13(2)26-27(18)19-16(22)5-4-8-23-19/h4-10H,11H2,1-3H3,(H,24,29)(H,25,30). The summed E-state index contributed by atoms with van der Waals surface area (Å²) in [7, 11) is 0. The first kappa shape index (κ1) is 21.2. The van der Waals surface area contributed by atoms with E-state index in [0.717, 1.165) is 5.56 Å². The molecule has 2 heterocycles. The molecule has 0 aliphatic heterocycles. The number of aryl methyl sites for hydroxylation is 2. The molecule has 154 valence electrons. The van der Waals surface area contributed by atoms with Gasteiger partial charge < -0.3 is 10.6 Å². The summed E-state index contributed by atoms with van der Waals surface area (Å²) in [6, 6.07) is 9.99. The molecule has 3 rings (SSSR count). The maximum atomic E-state index is 13.0. The highest BCUT2D eigenvalue weighted by Gasteiger charge is 2.20. The van der Waals surface area contributed by atoms with Crippen molar-refractivity contribution < 1.29 is 14.4 Å². The Balaban J connectivity index is 1.94. The van der Waals surface area contributed by atoms with Crippen LogP contribution in [0.15, 0.2) is 42.6 Å². The van der Waals surface area contributed by atoms with E-state index < -0.39 is 11.8 Å². The molecule has 0 aliphatic rings. The highest BCUT2D eigenvalue weighted by Crippen LogP contribution is 2.22. The number of nitrogens with zero attached hydrogens (tertiary/aromatic N) is 3. The number of Topliss-reactive ketones (excluding diaryl/α,β-unsaturated/α-hetero) is 1. The van der Waals surface area contributed by atoms with E-state index in [-0.39, 0.29) is 23.6 Å². The number of ketones is 1. The fourth-order valence-corrected chi connectivity index (χ4v) is 3.00. The Labute approximate surface area is 178 Å². The molecule has 8 nitrogen and oxygen atoms in total. The van der Waals surface area contributed by atoms with Gasteiger partial charge in [0.2, 0.25) is 0 Å². The predicted octanol–water partition coefficient (Wildman–Crippen LogP) is 3.11. The molecule has 3 aromatic rings. The largest absolute Gasteiger partial charge is 0.345 e. The number of anilines is 1. The third kappa shape index (κ3) is 4.72. The van der Waals surface area contributed by atoms with Crippen LogP contribution in [0, 0.1) is 13.8 Å². The van der Waals surface area contributed by atoms with Crippen LogP contribution in [0.2, 0.25) is 5.02 Å². The van der Waals surface area contributed by atoms with Crippen LogP contribution in [-0.2, 0) is 4.79 Å². The molecule has 0 spiro atoms. The van der Waals surface area contributed by atoms with Crippen molar-refractivity contribution in [3.05, 3.63) is 70.1 Å². The molecule has 1 aromatic carbocycles. The molecule has 0 saturated heterocycles. The number of aromatic nitrogens is 3. The lowest BCUT2D eigenvalue weighted by Crippen LogP contribution is -2.29. The minimum Gasteiger partial charge on any atom is -0.345 e. The predicted molar refractivity (Wildman–Crippen MR) is 113 cm³/mol. The second-order valence-corrected chi connectivity index (χ2v) is 7.19. The number of hydrogen-bond acceptors (Lipinski definition) is 5. The molecule has 9 heteroatoms. The number of benzene rings is 1. The Morgan fingerprint density at radius 2 is 1.87 bits per heavy atom. The van der Waals surface area contributed by atoms with E-state index in [2.05, 4.69) is 20.7 Å². The van der Waals surface area contributed by atoms with Crippen molar-refractivity contribution in [1.29, 1.82) is 0 Å². The highest BCUT2D eigenvalue weighted by molar-refractivity contribution is 6.32. The lowest BCUT2D eigenvalue weighted by molar-refractivity contribution is -0.116. The highest BCUT2D eigenvalue weighted by atomic mass is 35.5. The Hall–Kier alpha value is -3.52. The van der Waals surface area contributed by atoms with Gasteiger partial charge in [-0.3, -0.25) is 14.4 Å². The van der Waals surface area contributed by atoms with Crippen LogP contribution >= 0.6 is 11.6 Å². The number of rotatable bonds is 6. The summed E-state index contributed by atoms with van der Waals surface area (Å²) in [5.41, 5.74) is 2.21. The van der Waals surface area contributed by atoms with Gasteiger partial charge in [-0.1, -0.05) is 23.2 Å². The minimum absolute atomic E-state index is 0.0930. The third-order valence-electron chi connectivity index (χ3n) is 4.17. The fourth-order valence-electron chi connectivity index (χ4n) is 2.80. The Kier molecular flexibility index (Phi) is 6.27. The average Bonchev–Trinajstić information content (AvgIpc) is 3.09. The summed E-state index contributed by atoms with van der Waals surface area (Å²) in [5.74, 6) is -0.794. The topological polar surface area (TPSA) is 106 Å².